The second-order valence-corrected chi connectivity index (χ2v) is 4.39. The maximum Gasteiger partial charge on any atom is 0.128 e. The Labute approximate surface area is 95.8 Å². The average Bonchev–Trinajstić information content (AvgIpc) is 2.77. The van der Waals surface area contributed by atoms with Crippen molar-refractivity contribution in [2.45, 2.75) is 18.9 Å². The van der Waals surface area contributed by atoms with Gasteiger partial charge in [0.2, 0.25) is 0 Å². The van der Waals surface area contributed by atoms with Gasteiger partial charge in [-0.15, -0.1) is 0 Å². The average molecular weight is 219 g/mol. The highest BCUT2D eigenvalue weighted by atomic mass is 16.5. The van der Waals surface area contributed by atoms with Gasteiger partial charge in [-0.3, -0.25) is 0 Å². The van der Waals surface area contributed by atoms with Crippen molar-refractivity contribution in [3.05, 3.63) is 28.8 Å². The molecule has 0 saturated heterocycles. The lowest BCUT2D eigenvalue weighted by Crippen LogP contribution is -2.25. The van der Waals surface area contributed by atoms with E-state index in [-0.39, 0.29) is 6.10 Å². The van der Waals surface area contributed by atoms with Gasteiger partial charge in [-0.2, -0.15) is 0 Å². The van der Waals surface area contributed by atoms with Gasteiger partial charge in [0.05, 0.1) is 19.3 Å². The Morgan fingerprint density at radius 2 is 2.06 bits per heavy atom. The molecule has 0 spiro atoms. The third kappa shape index (κ3) is 1.51. The first-order valence-corrected chi connectivity index (χ1v) is 5.94. The van der Waals surface area contributed by atoms with Crippen LogP contribution in [0.2, 0.25) is 0 Å². The molecule has 3 heteroatoms. The number of likely N-dealkylation sites (N-methyl/N-ethyl adjacent to an activating group) is 1. The van der Waals surface area contributed by atoms with Gasteiger partial charge in [-0.1, -0.05) is 12.1 Å². The molecule has 1 aromatic carbocycles. The van der Waals surface area contributed by atoms with Crippen molar-refractivity contribution in [3.8, 4) is 5.75 Å². The Bertz CT molecular complexity index is 403. The van der Waals surface area contributed by atoms with Gasteiger partial charge in [0, 0.05) is 18.5 Å². The highest BCUT2D eigenvalue weighted by Crippen LogP contribution is 2.39. The zero-order valence-corrected chi connectivity index (χ0v) is 9.58. The third-order valence-electron chi connectivity index (χ3n) is 3.39. The number of hydrogen-bond donors (Lipinski definition) is 1. The molecule has 0 aromatic heterocycles. The zero-order chi connectivity index (χ0) is 11.0. The van der Waals surface area contributed by atoms with Crippen LogP contribution in [0.1, 0.15) is 22.8 Å². The van der Waals surface area contributed by atoms with E-state index < -0.39 is 0 Å². The molecule has 86 valence electrons. The molecule has 2 aliphatic rings. The topological polar surface area (TPSA) is 30.5 Å². The molecule has 16 heavy (non-hydrogen) atoms. The smallest absolute Gasteiger partial charge is 0.128 e. The first-order chi connectivity index (χ1) is 7.90. The molecule has 0 unspecified atom stereocenters. The Balaban J connectivity index is 2.06. The number of hydrogen-bond acceptors (Lipinski definition) is 3. The number of rotatable bonds is 2. The van der Waals surface area contributed by atoms with Crippen molar-refractivity contribution in [2.24, 2.45) is 0 Å². The molecule has 0 aliphatic carbocycles. The molecule has 0 amide bonds. The number of benzene rings is 1. The largest absolute Gasteiger partial charge is 0.493 e. The van der Waals surface area contributed by atoms with E-state index in [1.165, 1.54) is 16.7 Å². The van der Waals surface area contributed by atoms with Crippen molar-refractivity contribution < 1.29 is 9.47 Å². The second-order valence-electron chi connectivity index (χ2n) is 4.39. The van der Waals surface area contributed by atoms with Gasteiger partial charge >= 0.3 is 0 Å². The van der Waals surface area contributed by atoms with Crippen LogP contribution < -0.4 is 10.1 Å². The Morgan fingerprint density at radius 1 is 1.25 bits per heavy atom. The molecule has 1 N–H and O–H groups in total. The van der Waals surface area contributed by atoms with Gasteiger partial charge in [-0.05, 0) is 24.6 Å². The minimum absolute atomic E-state index is 0.154. The molecule has 0 radical (unpaired) electrons. The number of ether oxygens (including phenoxy) is 2. The van der Waals surface area contributed by atoms with Crippen molar-refractivity contribution in [1.82, 2.24) is 5.32 Å². The quantitative estimate of drug-likeness (QED) is 0.816. The van der Waals surface area contributed by atoms with E-state index in [9.17, 15) is 0 Å². The van der Waals surface area contributed by atoms with Crippen molar-refractivity contribution in [1.29, 1.82) is 0 Å². The predicted molar refractivity (Wildman–Crippen MR) is 62.0 cm³/mol. The van der Waals surface area contributed by atoms with Crippen LogP contribution in [0.4, 0.5) is 0 Å². The third-order valence-corrected chi connectivity index (χ3v) is 3.39. The van der Waals surface area contributed by atoms with E-state index >= 15 is 0 Å². The zero-order valence-electron chi connectivity index (χ0n) is 9.58. The SMILES string of the molecule is CNC[C@H]1OCCc2ccc3c(c21)OCC3. The molecule has 0 bridgehead atoms. The van der Waals surface area contributed by atoms with E-state index in [4.69, 9.17) is 9.47 Å². The van der Waals surface area contributed by atoms with Crippen LogP contribution in [-0.4, -0.2) is 26.8 Å². The van der Waals surface area contributed by atoms with E-state index in [0.29, 0.717) is 0 Å². The Morgan fingerprint density at radius 3 is 2.94 bits per heavy atom. The fourth-order valence-corrected chi connectivity index (χ4v) is 2.63. The first-order valence-electron chi connectivity index (χ1n) is 5.94. The highest BCUT2D eigenvalue weighted by Gasteiger charge is 2.28. The van der Waals surface area contributed by atoms with Gasteiger partial charge < -0.3 is 14.8 Å². The summed E-state index contributed by atoms with van der Waals surface area (Å²) < 4.78 is 11.6. The van der Waals surface area contributed by atoms with Gasteiger partial charge in [0.1, 0.15) is 5.75 Å². The molecule has 3 nitrogen and oxygen atoms in total. The normalized spacial score (nSPS) is 22.4. The maximum absolute atomic E-state index is 5.83. The number of fused-ring (bicyclic) bond motifs is 3. The summed E-state index contributed by atoms with van der Waals surface area (Å²) in [5.74, 6) is 1.09. The van der Waals surface area contributed by atoms with Crippen LogP contribution in [-0.2, 0) is 17.6 Å². The van der Waals surface area contributed by atoms with Gasteiger partial charge in [-0.25, -0.2) is 0 Å². The van der Waals surface area contributed by atoms with Gasteiger partial charge in [0.15, 0.2) is 0 Å². The lowest BCUT2D eigenvalue weighted by Gasteiger charge is -2.27. The summed E-state index contributed by atoms with van der Waals surface area (Å²) in [4.78, 5) is 0. The summed E-state index contributed by atoms with van der Waals surface area (Å²) in [5, 5.41) is 3.19. The van der Waals surface area contributed by atoms with E-state index in [2.05, 4.69) is 17.4 Å². The summed E-state index contributed by atoms with van der Waals surface area (Å²) in [5.41, 5.74) is 4.02. The van der Waals surface area contributed by atoms with E-state index in [1.54, 1.807) is 0 Å². The minimum Gasteiger partial charge on any atom is -0.493 e. The number of nitrogens with one attached hydrogen (secondary N) is 1. The van der Waals surface area contributed by atoms with Crippen molar-refractivity contribution in [3.63, 3.8) is 0 Å². The predicted octanol–water partition coefficient (Wildman–Crippen LogP) is 1.45. The lowest BCUT2D eigenvalue weighted by atomic mass is 9.93. The fourth-order valence-electron chi connectivity index (χ4n) is 2.63. The Kier molecular flexibility index (Phi) is 2.58. The monoisotopic (exact) mass is 219 g/mol. The highest BCUT2D eigenvalue weighted by molar-refractivity contribution is 5.50. The van der Waals surface area contributed by atoms with Crippen molar-refractivity contribution >= 4 is 0 Å². The van der Waals surface area contributed by atoms with Crippen LogP contribution in [0.5, 0.6) is 5.75 Å². The van der Waals surface area contributed by atoms with Crippen LogP contribution >= 0.6 is 0 Å². The van der Waals surface area contributed by atoms with Gasteiger partial charge in [0.25, 0.3) is 0 Å². The standard InChI is InChI=1S/C13H17NO2/c1-14-8-11-12-9(4-6-15-11)2-3-10-5-7-16-13(10)12/h2-3,11,14H,4-8H2,1H3/t11-/m1/s1. The maximum atomic E-state index is 5.83. The summed E-state index contributed by atoms with van der Waals surface area (Å²) in [7, 11) is 1.96. The van der Waals surface area contributed by atoms with E-state index in [0.717, 1.165) is 38.3 Å². The first kappa shape index (κ1) is 10.1. The molecular weight excluding hydrogens is 202 g/mol. The molecule has 1 aromatic rings. The minimum atomic E-state index is 0.154. The molecule has 3 rings (SSSR count). The van der Waals surface area contributed by atoms with Crippen LogP contribution in [0, 0.1) is 0 Å². The summed E-state index contributed by atoms with van der Waals surface area (Å²) in [6.45, 7) is 2.49. The summed E-state index contributed by atoms with van der Waals surface area (Å²) in [6.07, 6.45) is 2.20. The second kappa shape index (κ2) is 4.07. The summed E-state index contributed by atoms with van der Waals surface area (Å²) in [6, 6.07) is 4.46. The molecule has 2 aliphatic heterocycles. The molecule has 0 fully saturated rings. The fraction of sp³-hybridized carbons (Fsp3) is 0.538. The van der Waals surface area contributed by atoms with Crippen LogP contribution in [0.15, 0.2) is 12.1 Å². The lowest BCUT2D eigenvalue weighted by molar-refractivity contribution is 0.0419. The van der Waals surface area contributed by atoms with E-state index in [1.807, 2.05) is 7.05 Å². The van der Waals surface area contributed by atoms with Crippen LogP contribution in [0.25, 0.3) is 0 Å². The molecule has 1 atom stereocenters. The van der Waals surface area contributed by atoms with Crippen molar-refractivity contribution in [2.75, 3.05) is 26.8 Å². The van der Waals surface area contributed by atoms with Crippen LogP contribution in [0.3, 0.4) is 0 Å². The molecule has 2 heterocycles. The summed E-state index contributed by atoms with van der Waals surface area (Å²) >= 11 is 0. The molecule has 0 saturated carbocycles. The Hall–Kier alpha value is -1.06. The molecular formula is C13H17NO2.